The van der Waals surface area contributed by atoms with Crippen molar-refractivity contribution in [1.82, 2.24) is 19.8 Å². The van der Waals surface area contributed by atoms with Crippen LogP contribution in [0.15, 0.2) is 12.4 Å². The molecule has 86 valence electrons. The van der Waals surface area contributed by atoms with Gasteiger partial charge in [0, 0.05) is 27.2 Å². The molecule has 0 aliphatic carbocycles. The van der Waals surface area contributed by atoms with Crippen molar-refractivity contribution in [3.63, 3.8) is 0 Å². The molecule has 2 amide bonds. The normalized spacial score (nSPS) is 15.8. The number of carbonyl (C=O) groups is 1. The number of aromatic nitrogens is 2. The average Bonchev–Trinajstić information content (AvgIpc) is 2.62. The average molecular weight is 221 g/mol. The maximum absolute atomic E-state index is 11.6. The van der Waals surface area contributed by atoms with E-state index >= 15 is 0 Å². The minimum absolute atomic E-state index is 0.0551. The van der Waals surface area contributed by atoms with Crippen LogP contribution in [0, 0.1) is 0 Å². The van der Waals surface area contributed by atoms with E-state index in [1.54, 1.807) is 36.3 Å². The summed E-state index contributed by atoms with van der Waals surface area (Å²) in [7, 11) is 3.60. The number of nitrogens with zero attached hydrogens (tertiary/aromatic N) is 4. The van der Waals surface area contributed by atoms with Crippen LogP contribution in [0.3, 0.4) is 0 Å². The third-order valence-corrected chi connectivity index (χ3v) is 2.62. The van der Waals surface area contributed by atoms with Gasteiger partial charge in [-0.1, -0.05) is 0 Å². The molecule has 1 aliphatic heterocycles. The molecule has 1 N–H and O–H groups in total. The molecule has 0 saturated carbocycles. The smallest absolute Gasteiger partial charge is 0.320 e. The molecular formula is C10H15N5O. The van der Waals surface area contributed by atoms with Crippen LogP contribution < -0.4 is 5.32 Å². The maximum Gasteiger partial charge on any atom is 0.320 e. The van der Waals surface area contributed by atoms with Crippen LogP contribution >= 0.6 is 0 Å². The number of likely N-dealkylation sites (N-methyl/N-ethyl adjacent to an activating group) is 1. The zero-order chi connectivity index (χ0) is 11.5. The van der Waals surface area contributed by atoms with Crippen LogP contribution in [0.5, 0.6) is 0 Å². The number of nitrogens with one attached hydrogen (secondary N) is 1. The van der Waals surface area contributed by atoms with Crippen molar-refractivity contribution in [2.24, 2.45) is 0 Å². The Morgan fingerprint density at radius 2 is 2.19 bits per heavy atom. The Bertz CT molecular complexity index is 377. The molecule has 0 atom stereocenters. The molecule has 0 spiro atoms. The number of hydrogen-bond acceptors (Lipinski definition) is 4. The van der Waals surface area contributed by atoms with Gasteiger partial charge in [0.25, 0.3) is 0 Å². The zero-order valence-corrected chi connectivity index (χ0v) is 9.47. The molecule has 6 nitrogen and oxygen atoms in total. The number of hydrogen-bond donors (Lipinski definition) is 1. The highest BCUT2D eigenvalue weighted by Gasteiger charge is 2.25. The molecule has 0 unspecified atom stereocenters. The van der Waals surface area contributed by atoms with Crippen LogP contribution in [0.1, 0.15) is 5.69 Å². The number of rotatable bonds is 3. The van der Waals surface area contributed by atoms with Crippen LogP contribution in [-0.4, -0.2) is 53.0 Å². The molecule has 0 aromatic carbocycles. The molecule has 1 aliphatic rings. The van der Waals surface area contributed by atoms with Gasteiger partial charge in [0.05, 0.1) is 24.6 Å². The van der Waals surface area contributed by atoms with Crippen molar-refractivity contribution >= 4 is 11.8 Å². The van der Waals surface area contributed by atoms with E-state index in [9.17, 15) is 4.79 Å². The quantitative estimate of drug-likeness (QED) is 0.802. The topological polar surface area (TPSA) is 61.4 Å². The van der Waals surface area contributed by atoms with Crippen molar-refractivity contribution < 1.29 is 4.79 Å². The molecule has 6 heteroatoms. The summed E-state index contributed by atoms with van der Waals surface area (Å²) in [5, 5.41) is 2.90. The van der Waals surface area contributed by atoms with E-state index in [1.807, 2.05) is 0 Å². The summed E-state index contributed by atoms with van der Waals surface area (Å²) >= 11 is 0. The molecule has 0 bridgehead atoms. The number of urea groups is 1. The molecule has 2 rings (SSSR count). The standard InChI is InChI=1S/C10H15N5O/c1-11-9-6-12-8(5-13-9)7-15-4-3-14(2)10(15)16/h5-6H,3-4,7H2,1-2H3,(H,11,13). The summed E-state index contributed by atoms with van der Waals surface area (Å²) < 4.78 is 0. The van der Waals surface area contributed by atoms with E-state index in [0.717, 1.165) is 24.6 Å². The summed E-state index contributed by atoms with van der Waals surface area (Å²) in [6.07, 6.45) is 3.36. The Morgan fingerprint density at radius 1 is 1.38 bits per heavy atom. The summed E-state index contributed by atoms with van der Waals surface area (Å²) in [6.45, 7) is 2.06. The Balaban J connectivity index is 2.01. The lowest BCUT2D eigenvalue weighted by Gasteiger charge is -2.15. The van der Waals surface area contributed by atoms with E-state index in [4.69, 9.17) is 0 Å². The molecule has 1 aromatic heterocycles. The highest BCUT2D eigenvalue weighted by Crippen LogP contribution is 2.10. The Labute approximate surface area is 94.3 Å². The minimum atomic E-state index is 0.0551. The van der Waals surface area contributed by atoms with Crippen molar-refractivity contribution in [2.45, 2.75) is 6.54 Å². The molecule has 2 heterocycles. The molecule has 1 saturated heterocycles. The molecule has 1 fully saturated rings. The van der Waals surface area contributed by atoms with Crippen molar-refractivity contribution in [3.8, 4) is 0 Å². The lowest BCUT2D eigenvalue weighted by Crippen LogP contribution is -2.29. The van der Waals surface area contributed by atoms with Crippen LogP contribution in [0.2, 0.25) is 0 Å². The lowest BCUT2D eigenvalue weighted by atomic mass is 10.4. The Morgan fingerprint density at radius 3 is 2.69 bits per heavy atom. The van der Waals surface area contributed by atoms with E-state index in [1.165, 1.54) is 0 Å². The third-order valence-electron chi connectivity index (χ3n) is 2.62. The fourth-order valence-electron chi connectivity index (χ4n) is 1.61. The zero-order valence-electron chi connectivity index (χ0n) is 9.47. The van der Waals surface area contributed by atoms with Crippen molar-refractivity contribution in [1.29, 1.82) is 0 Å². The van der Waals surface area contributed by atoms with Crippen molar-refractivity contribution in [3.05, 3.63) is 18.1 Å². The molecule has 0 radical (unpaired) electrons. The Kier molecular flexibility index (Phi) is 2.89. The highest BCUT2D eigenvalue weighted by molar-refractivity contribution is 5.76. The van der Waals surface area contributed by atoms with E-state index in [-0.39, 0.29) is 6.03 Å². The van der Waals surface area contributed by atoms with Crippen LogP contribution in [0.4, 0.5) is 10.6 Å². The van der Waals surface area contributed by atoms with Gasteiger partial charge in [-0.05, 0) is 0 Å². The van der Waals surface area contributed by atoms with Gasteiger partial charge in [0.1, 0.15) is 5.82 Å². The van der Waals surface area contributed by atoms with Gasteiger partial charge >= 0.3 is 6.03 Å². The molecular weight excluding hydrogens is 206 g/mol. The largest absolute Gasteiger partial charge is 0.372 e. The van der Waals surface area contributed by atoms with E-state index in [0.29, 0.717) is 6.54 Å². The lowest BCUT2D eigenvalue weighted by molar-refractivity contribution is 0.196. The van der Waals surface area contributed by atoms with Gasteiger partial charge in [-0.3, -0.25) is 4.98 Å². The molecule has 16 heavy (non-hydrogen) atoms. The first-order valence-corrected chi connectivity index (χ1v) is 5.19. The summed E-state index contributed by atoms with van der Waals surface area (Å²) in [5.41, 5.74) is 0.808. The van der Waals surface area contributed by atoms with Gasteiger partial charge in [0.15, 0.2) is 0 Å². The van der Waals surface area contributed by atoms with Gasteiger partial charge in [-0.15, -0.1) is 0 Å². The predicted octanol–water partition coefficient (Wildman–Crippen LogP) is 0.386. The molecule has 1 aromatic rings. The second kappa shape index (κ2) is 4.34. The summed E-state index contributed by atoms with van der Waals surface area (Å²) in [5.74, 6) is 0.730. The van der Waals surface area contributed by atoms with Gasteiger partial charge in [-0.25, -0.2) is 9.78 Å². The van der Waals surface area contributed by atoms with Gasteiger partial charge in [0.2, 0.25) is 0 Å². The van der Waals surface area contributed by atoms with Crippen molar-refractivity contribution in [2.75, 3.05) is 32.5 Å². The fourth-order valence-corrected chi connectivity index (χ4v) is 1.61. The summed E-state index contributed by atoms with van der Waals surface area (Å²) in [4.78, 5) is 23.5. The summed E-state index contributed by atoms with van der Waals surface area (Å²) in [6, 6.07) is 0.0551. The first-order valence-electron chi connectivity index (χ1n) is 5.19. The SMILES string of the molecule is CNc1cnc(CN2CCN(C)C2=O)cn1. The number of carbonyl (C=O) groups excluding carboxylic acids is 1. The Hall–Kier alpha value is -1.85. The second-order valence-corrected chi connectivity index (χ2v) is 3.77. The fraction of sp³-hybridized carbons (Fsp3) is 0.500. The highest BCUT2D eigenvalue weighted by atomic mass is 16.2. The number of anilines is 1. The second-order valence-electron chi connectivity index (χ2n) is 3.77. The maximum atomic E-state index is 11.6. The van der Waals surface area contributed by atoms with Gasteiger partial charge in [-0.2, -0.15) is 0 Å². The van der Waals surface area contributed by atoms with Crippen LogP contribution in [-0.2, 0) is 6.54 Å². The van der Waals surface area contributed by atoms with E-state index in [2.05, 4.69) is 15.3 Å². The number of amides is 2. The first-order chi connectivity index (χ1) is 7.70. The first kappa shape index (κ1) is 10.7. The minimum Gasteiger partial charge on any atom is -0.372 e. The van der Waals surface area contributed by atoms with Gasteiger partial charge < -0.3 is 15.1 Å². The van der Waals surface area contributed by atoms with Crippen LogP contribution in [0.25, 0.3) is 0 Å². The third kappa shape index (κ3) is 2.05. The monoisotopic (exact) mass is 221 g/mol. The van der Waals surface area contributed by atoms with E-state index < -0.39 is 0 Å². The predicted molar refractivity (Wildman–Crippen MR) is 60.0 cm³/mol.